The minimum atomic E-state index is 0.674. The normalized spacial score (nSPS) is 19.9. The average Bonchev–Trinajstić information content (AvgIpc) is 2.34. The Bertz CT molecular complexity index is 163. The van der Waals surface area contributed by atoms with Crippen molar-refractivity contribution in [2.45, 2.75) is 26.3 Å². The Labute approximate surface area is 104 Å². The van der Waals surface area contributed by atoms with E-state index in [0.29, 0.717) is 6.04 Å². The lowest BCUT2D eigenvalue weighted by molar-refractivity contribution is 0.143. The molecule has 0 bridgehead atoms. The van der Waals surface area contributed by atoms with Gasteiger partial charge in [-0.15, -0.1) is 0 Å². The van der Waals surface area contributed by atoms with Gasteiger partial charge in [-0.1, -0.05) is 0 Å². The molecule has 0 amide bonds. The van der Waals surface area contributed by atoms with Gasteiger partial charge in [-0.2, -0.15) is 11.8 Å². The first-order valence-electron chi connectivity index (χ1n) is 6.45. The van der Waals surface area contributed by atoms with Crippen LogP contribution in [-0.2, 0) is 4.74 Å². The summed E-state index contributed by atoms with van der Waals surface area (Å²) >= 11 is 2.07. The Balaban J connectivity index is 1.94. The van der Waals surface area contributed by atoms with Crippen LogP contribution in [-0.4, -0.2) is 61.8 Å². The van der Waals surface area contributed by atoms with Crippen LogP contribution in [0.1, 0.15) is 20.3 Å². The molecule has 3 nitrogen and oxygen atoms in total. The third kappa shape index (κ3) is 6.09. The molecule has 1 fully saturated rings. The van der Waals surface area contributed by atoms with Crippen LogP contribution in [0.3, 0.4) is 0 Å². The van der Waals surface area contributed by atoms with E-state index in [0.717, 1.165) is 32.7 Å². The number of rotatable bonds is 8. The van der Waals surface area contributed by atoms with E-state index in [1.54, 1.807) is 0 Å². The molecule has 1 aliphatic heterocycles. The van der Waals surface area contributed by atoms with Crippen LogP contribution in [0, 0.1) is 0 Å². The van der Waals surface area contributed by atoms with Crippen molar-refractivity contribution in [1.82, 2.24) is 10.2 Å². The molecule has 1 rings (SSSR count). The molecule has 0 spiro atoms. The highest BCUT2D eigenvalue weighted by Crippen LogP contribution is 2.11. The van der Waals surface area contributed by atoms with Crippen LogP contribution in [0.5, 0.6) is 0 Å². The summed E-state index contributed by atoms with van der Waals surface area (Å²) in [6.45, 7) is 10.8. The minimum Gasteiger partial charge on any atom is -0.382 e. The van der Waals surface area contributed by atoms with Crippen LogP contribution in [0.15, 0.2) is 0 Å². The van der Waals surface area contributed by atoms with Gasteiger partial charge in [-0.25, -0.2) is 0 Å². The first kappa shape index (κ1) is 14.3. The van der Waals surface area contributed by atoms with Crippen molar-refractivity contribution >= 4 is 11.8 Å². The molecule has 0 saturated carbocycles. The summed E-state index contributed by atoms with van der Waals surface area (Å²) in [4.78, 5) is 2.59. The van der Waals surface area contributed by atoms with Crippen molar-refractivity contribution in [3.8, 4) is 0 Å². The molecule has 0 radical (unpaired) electrons. The molecule has 96 valence electrons. The minimum absolute atomic E-state index is 0.674. The lowest BCUT2D eigenvalue weighted by Gasteiger charge is -2.32. The first-order chi connectivity index (χ1) is 7.84. The van der Waals surface area contributed by atoms with Crippen molar-refractivity contribution in [3.05, 3.63) is 0 Å². The topological polar surface area (TPSA) is 24.5 Å². The van der Waals surface area contributed by atoms with Gasteiger partial charge in [-0.3, -0.25) is 4.90 Å². The zero-order valence-corrected chi connectivity index (χ0v) is 11.5. The smallest absolute Gasteiger partial charge is 0.0477 e. The Hall–Kier alpha value is 0.230. The van der Waals surface area contributed by atoms with Crippen molar-refractivity contribution < 1.29 is 4.74 Å². The van der Waals surface area contributed by atoms with Gasteiger partial charge in [0.1, 0.15) is 0 Å². The summed E-state index contributed by atoms with van der Waals surface area (Å²) in [7, 11) is 0. The quantitative estimate of drug-likeness (QED) is 0.655. The van der Waals surface area contributed by atoms with E-state index in [4.69, 9.17) is 4.74 Å². The fraction of sp³-hybridized carbons (Fsp3) is 1.00. The van der Waals surface area contributed by atoms with E-state index < -0.39 is 0 Å². The van der Waals surface area contributed by atoms with Gasteiger partial charge < -0.3 is 10.1 Å². The van der Waals surface area contributed by atoms with Gasteiger partial charge in [0, 0.05) is 50.4 Å². The van der Waals surface area contributed by atoms with Crippen molar-refractivity contribution in [2.75, 3.05) is 50.9 Å². The molecule has 1 heterocycles. The van der Waals surface area contributed by atoms with Crippen LogP contribution >= 0.6 is 11.8 Å². The molecule has 0 aromatic carbocycles. The molecule has 0 aliphatic carbocycles. The molecule has 1 atom stereocenters. The van der Waals surface area contributed by atoms with Gasteiger partial charge in [0.25, 0.3) is 0 Å². The maximum atomic E-state index is 5.30. The number of ether oxygens (including phenoxy) is 1. The van der Waals surface area contributed by atoms with Crippen molar-refractivity contribution in [1.29, 1.82) is 0 Å². The van der Waals surface area contributed by atoms with Crippen LogP contribution in [0.2, 0.25) is 0 Å². The fourth-order valence-electron chi connectivity index (χ4n) is 1.90. The Morgan fingerprint density at radius 1 is 1.38 bits per heavy atom. The maximum Gasteiger partial charge on any atom is 0.0477 e. The van der Waals surface area contributed by atoms with E-state index in [9.17, 15) is 0 Å². The average molecular weight is 246 g/mol. The Kier molecular flexibility index (Phi) is 8.29. The number of thioether (sulfide) groups is 1. The zero-order valence-electron chi connectivity index (χ0n) is 10.7. The lowest BCUT2D eigenvalue weighted by atomic mass is 10.2. The van der Waals surface area contributed by atoms with E-state index >= 15 is 0 Å². The van der Waals surface area contributed by atoms with Gasteiger partial charge in [0.2, 0.25) is 0 Å². The molecule has 1 aliphatic rings. The molecular formula is C12H26N2OS. The number of hydrogen-bond acceptors (Lipinski definition) is 4. The summed E-state index contributed by atoms with van der Waals surface area (Å²) in [6, 6.07) is 0.674. The fourth-order valence-corrected chi connectivity index (χ4v) is 2.83. The molecule has 1 N–H and O–H groups in total. The van der Waals surface area contributed by atoms with Crippen molar-refractivity contribution in [2.24, 2.45) is 0 Å². The summed E-state index contributed by atoms with van der Waals surface area (Å²) in [5, 5.41) is 3.51. The number of nitrogens with zero attached hydrogens (tertiary/aromatic N) is 1. The number of nitrogens with one attached hydrogen (secondary N) is 1. The van der Waals surface area contributed by atoms with Crippen molar-refractivity contribution in [3.63, 3.8) is 0 Å². The highest BCUT2D eigenvalue weighted by molar-refractivity contribution is 7.99. The molecular weight excluding hydrogens is 220 g/mol. The number of hydrogen-bond donors (Lipinski definition) is 1. The van der Waals surface area contributed by atoms with Gasteiger partial charge in [0.05, 0.1) is 0 Å². The van der Waals surface area contributed by atoms with Crippen LogP contribution in [0.4, 0.5) is 0 Å². The monoisotopic (exact) mass is 246 g/mol. The Morgan fingerprint density at radius 3 is 2.81 bits per heavy atom. The largest absolute Gasteiger partial charge is 0.382 e. The van der Waals surface area contributed by atoms with Gasteiger partial charge >= 0.3 is 0 Å². The summed E-state index contributed by atoms with van der Waals surface area (Å²) in [5.41, 5.74) is 0. The molecule has 1 unspecified atom stereocenters. The third-order valence-electron chi connectivity index (χ3n) is 2.96. The maximum absolute atomic E-state index is 5.30. The second-order valence-electron chi connectivity index (χ2n) is 4.25. The lowest BCUT2D eigenvalue weighted by Crippen LogP contribution is -2.44. The molecule has 1 saturated heterocycles. The summed E-state index contributed by atoms with van der Waals surface area (Å²) in [5.74, 6) is 2.60. The van der Waals surface area contributed by atoms with Crippen LogP contribution < -0.4 is 5.32 Å². The SMILES string of the molecule is CCOCCCNCC(C)N1CCSCC1. The van der Waals surface area contributed by atoms with E-state index in [1.807, 2.05) is 6.92 Å². The standard InChI is InChI=1S/C12H26N2OS/c1-3-15-8-4-5-13-11-12(2)14-6-9-16-10-7-14/h12-13H,3-11H2,1-2H3. The predicted molar refractivity (Wildman–Crippen MR) is 72.3 cm³/mol. The molecule has 4 heteroatoms. The highest BCUT2D eigenvalue weighted by Gasteiger charge is 2.15. The Morgan fingerprint density at radius 2 is 2.12 bits per heavy atom. The highest BCUT2D eigenvalue weighted by atomic mass is 32.2. The van der Waals surface area contributed by atoms with E-state index in [2.05, 4.69) is 28.9 Å². The summed E-state index contributed by atoms with van der Waals surface area (Å²) < 4.78 is 5.30. The van der Waals surface area contributed by atoms with Gasteiger partial charge in [0.15, 0.2) is 0 Å². The summed E-state index contributed by atoms with van der Waals surface area (Å²) in [6.07, 6.45) is 1.12. The first-order valence-corrected chi connectivity index (χ1v) is 7.60. The molecule has 16 heavy (non-hydrogen) atoms. The van der Waals surface area contributed by atoms with Crippen LogP contribution in [0.25, 0.3) is 0 Å². The zero-order chi connectivity index (χ0) is 11.6. The van der Waals surface area contributed by atoms with E-state index in [1.165, 1.54) is 24.6 Å². The second-order valence-corrected chi connectivity index (χ2v) is 5.48. The second kappa shape index (κ2) is 9.28. The third-order valence-corrected chi connectivity index (χ3v) is 3.90. The molecule has 0 aromatic heterocycles. The van der Waals surface area contributed by atoms with Gasteiger partial charge in [-0.05, 0) is 26.8 Å². The van der Waals surface area contributed by atoms with E-state index in [-0.39, 0.29) is 0 Å². The molecule has 0 aromatic rings. The predicted octanol–water partition coefficient (Wildman–Crippen LogP) is 1.44.